The number of esters is 1. The minimum atomic E-state index is -1.07. The maximum absolute atomic E-state index is 12.9. The molecule has 0 saturated carbocycles. The molecule has 0 bridgehead atoms. The van der Waals surface area contributed by atoms with Crippen LogP contribution in [0.4, 0.5) is 10.8 Å². The Hall–Kier alpha value is -2.91. The van der Waals surface area contributed by atoms with E-state index in [4.69, 9.17) is 10.5 Å². The molecule has 150 valence electrons. The number of amides is 1. The summed E-state index contributed by atoms with van der Waals surface area (Å²) in [6, 6.07) is 14.7. The van der Waals surface area contributed by atoms with Gasteiger partial charge in [-0.05, 0) is 37.1 Å². The number of hydrogen-bond acceptors (Lipinski definition) is 8. The van der Waals surface area contributed by atoms with Crippen LogP contribution in [-0.4, -0.2) is 27.8 Å². The maximum Gasteiger partial charge on any atom is 0.317 e. The summed E-state index contributed by atoms with van der Waals surface area (Å²) in [6.07, 6.45) is -1.07. The van der Waals surface area contributed by atoms with Crippen molar-refractivity contribution >= 4 is 45.8 Å². The lowest BCUT2D eigenvalue weighted by atomic mass is 10.1. The molecule has 0 spiro atoms. The Balaban J connectivity index is 1.72. The summed E-state index contributed by atoms with van der Waals surface area (Å²) >= 11 is 2.35. The van der Waals surface area contributed by atoms with Crippen LogP contribution in [-0.2, 0) is 14.3 Å². The molecule has 1 amide bonds. The highest BCUT2D eigenvalue weighted by Gasteiger charge is 2.25. The standard InChI is InChI=1S/C20H20N4O3S2/c1-12-8-13(2)10-15(9-12)22-18(26)17(14-6-4-3-5-7-14)27-16(25)11-28-20-24-23-19(21)29-20/h3-10,17H,11H2,1-2H3,(H2,21,23)(H,22,26)/t17-/m1/s1. The van der Waals surface area contributed by atoms with Gasteiger partial charge in [0, 0.05) is 11.3 Å². The maximum atomic E-state index is 12.9. The Labute approximate surface area is 176 Å². The van der Waals surface area contributed by atoms with Gasteiger partial charge in [0.2, 0.25) is 11.2 Å². The molecule has 0 aliphatic heterocycles. The zero-order chi connectivity index (χ0) is 20.8. The van der Waals surface area contributed by atoms with Crippen LogP contribution < -0.4 is 11.1 Å². The van der Waals surface area contributed by atoms with Crippen molar-refractivity contribution in [3.8, 4) is 0 Å². The molecule has 0 aliphatic carbocycles. The van der Waals surface area contributed by atoms with Crippen LogP contribution in [0.3, 0.4) is 0 Å². The van der Waals surface area contributed by atoms with Gasteiger partial charge in [0.15, 0.2) is 4.34 Å². The highest BCUT2D eigenvalue weighted by molar-refractivity contribution is 8.01. The van der Waals surface area contributed by atoms with Crippen LogP contribution in [0, 0.1) is 13.8 Å². The summed E-state index contributed by atoms with van der Waals surface area (Å²) < 4.78 is 6.08. The Morgan fingerprint density at radius 2 is 1.83 bits per heavy atom. The highest BCUT2D eigenvalue weighted by Crippen LogP contribution is 2.26. The number of ether oxygens (including phenoxy) is 1. The number of nitrogens with zero attached hydrogens (tertiary/aromatic N) is 2. The molecule has 0 unspecified atom stereocenters. The lowest BCUT2D eigenvalue weighted by Crippen LogP contribution is -2.26. The number of carbonyl (C=O) groups excluding carboxylic acids is 2. The first kappa shape index (κ1) is 20.8. The molecular weight excluding hydrogens is 408 g/mol. The first-order chi connectivity index (χ1) is 13.9. The Kier molecular flexibility index (Phi) is 6.84. The highest BCUT2D eigenvalue weighted by atomic mass is 32.2. The van der Waals surface area contributed by atoms with E-state index in [1.54, 1.807) is 24.3 Å². The van der Waals surface area contributed by atoms with Gasteiger partial charge in [-0.25, -0.2) is 0 Å². The fourth-order valence-corrected chi connectivity index (χ4v) is 4.14. The number of aryl methyl sites for hydroxylation is 2. The van der Waals surface area contributed by atoms with Gasteiger partial charge in [-0.3, -0.25) is 9.59 Å². The van der Waals surface area contributed by atoms with Gasteiger partial charge in [-0.1, -0.05) is 59.5 Å². The predicted molar refractivity (Wildman–Crippen MR) is 115 cm³/mol. The van der Waals surface area contributed by atoms with Crippen LogP contribution in [0.1, 0.15) is 22.8 Å². The van der Waals surface area contributed by atoms with E-state index in [1.165, 1.54) is 11.3 Å². The first-order valence-corrected chi connectivity index (χ1v) is 10.6. The van der Waals surface area contributed by atoms with Gasteiger partial charge in [0.05, 0.1) is 5.75 Å². The Morgan fingerprint density at radius 1 is 1.14 bits per heavy atom. The quantitative estimate of drug-likeness (QED) is 0.436. The molecule has 0 radical (unpaired) electrons. The number of carbonyl (C=O) groups is 2. The second-order valence-electron chi connectivity index (χ2n) is 6.34. The molecule has 1 aromatic heterocycles. The molecular formula is C20H20N4O3S2. The van der Waals surface area contributed by atoms with Crippen molar-refractivity contribution < 1.29 is 14.3 Å². The lowest BCUT2D eigenvalue weighted by Gasteiger charge is -2.18. The van der Waals surface area contributed by atoms with Gasteiger partial charge in [0.25, 0.3) is 5.91 Å². The van der Waals surface area contributed by atoms with E-state index < -0.39 is 18.0 Å². The smallest absolute Gasteiger partial charge is 0.317 e. The summed E-state index contributed by atoms with van der Waals surface area (Å²) in [6.45, 7) is 3.91. The van der Waals surface area contributed by atoms with Crippen LogP contribution in [0.5, 0.6) is 0 Å². The number of nitrogen functional groups attached to an aromatic ring is 1. The minimum absolute atomic E-state index is 0.00516. The zero-order valence-corrected chi connectivity index (χ0v) is 17.5. The van der Waals surface area contributed by atoms with E-state index in [-0.39, 0.29) is 5.75 Å². The summed E-state index contributed by atoms with van der Waals surface area (Å²) in [5.74, 6) is -0.956. The summed E-state index contributed by atoms with van der Waals surface area (Å²) in [5, 5.41) is 10.7. The van der Waals surface area contributed by atoms with E-state index in [0.29, 0.717) is 20.7 Å². The molecule has 0 fully saturated rings. The molecule has 0 aliphatic rings. The van der Waals surface area contributed by atoms with Crippen LogP contribution in [0.25, 0.3) is 0 Å². The number of anilines is 2. The Bertz CT molecular complexity index is 988. The monoisotopic (exact) mass is 428 g/mol. The van der Waals surface area contributed by atoms with Gasteiger partial charge in [-0.2, -0.15) is 0 Å². The fraction of sp³-hybridized carbons (Fsp3) is 0.200. The SMILES string of the molecule is Cc1cc(C)cc(NC(=O)[C@H](OC(=O)CSc2nnc(N)s2)c2ccccc2)c1. The van der Waals surface area contributed by atoms with Crippen molar-refractivity contribution in [3.05, 3.63) is 65.2 Å². The number of nitrogens with one attached hydrogen (secondary N) is 1. The summed E-state index contributed by atoms with van der Waals surface area (Å²) in [7, 11) is 0. The molecule has 3 aromatic rings. The van der Waals surface area contributed by atoms with Crippen molar-refractivity contribution in [2.24, 2.45) is 0 Å². The van der Waals surface area contributed by atoms with Crippen molar-refractivity contribution in [2.75, 3.05) is 16.8 Å². The normalized spacial score (nSPS) is 11.7. The van der Waals surface area contributed by atoms with Gasteiger partial charge < -0.3 is 15.8 Å². The Morgan fingerprint density at radius 3 is 2.45 bits per heavy atom. The van der Waals surface area contributed by atoms with E-state index in [2.05, 4.69) is 15.5 Å². The van der Waals surface area contributed by atoms with Crippen LogP contribution >= 0.6 is 23.1 Å². The number of hydrogen-bond donors (Lipinski definition) is 2. The van der Waals surface area contributed by atoms with E-state index in [1.807, 2.05) is 38.1 Å². The molecule has 9 heteroatoms. The second-order valence-corrected chi connectivity index (χ2v) is 8.57. The third-order valence-electron chi connectivity index (χ3n) is 3.81. The van der Waals surface area contributed by atoms with Crippen molar-refractivity contribution in [3.63, 3.8) is 0 Å². The molecule has 0 saturated heterocycles. The van der Waals surface area contributed by atoms with E-state index >= 15 is 0 Å². The van der Waals surface area contributed by atoms with E-state index in [0.717, 1.165) is 22.9 Å². The van der Waals surface area contributed by atoms with Gasteiger partial charge >= 0.3 is 5.97 Å². The minimum Gasteiger partial charge on any atom is -0.447 e. The van der Waals surface area contributed by atoms with Gasteiger partial charge in [0.1, 0.15) is 0 Å². The fourth-order valence-electron chi connectivity index (χ4n) is 2.72. The van der Waals surface area contributed by atoms with Crippen LogP contribution in [0.2, 0.25) is 0 Å². The van der Waals surface area contributed by atoms with Crippen molar-refractivity contribution in [1.82, 2.24) is 10.2 Å². The lowest BCUT2D eigenvalue weighted by molar-refractivity contribution is -0.152. The number of benzene rings is 2. The zero-order valence-electron chi connectivity index (χ0n) is 15.9. The van der Waals surface area contributed by atoms with Crippen molar-refractivity contribution in [2.45, 2.75) is 24.3 Å². The largest absolute Gasteiger partial charge is 0.447 e. The molecule has 29 heavy (non-hydrogen) atoms. The van der Waals surface area contributed by atoms with Crippen LogP contribution in [0.15, 0.2) is 52.9 Å². The third kappa shape index (κ3) is 6.03. The molecule has 7 nitrogen and oxygen atoms in total. The second kappa shape index (κ2) is 9.53. The summed E-state index contributed by atoms with van der Waals surface area (Å²) in [4.78, 5) is 25.3. The molecule has 3 N–H and O–H groups in total. The first-order valence-electron chi connectivity index (χ1n) is 8.76. The molecule has 1 heterocycles. The number of aromatic nitrogens is 2. The number of rotatable bonds is 7. The number of nitrogens with two attached hydrogens (primary N) is 1. The third-order valence-corrected chi connectivity index (χ3v) is 5.67. The predicted octanol–water partition coefficient (Wildman–Crippen LogP) is 3.75. The van der Waals surface area contributed by atoms with Gasteiger partial charge in [-0.15, -0.1) is 10.2 Å². The number of thioether (sulfide) groups is 1. The topological polar surface area (TPSA) is 107 Å². The molecule has 1 atom stereocenters. The summed E-state index contributed by atoms with van der Waals surface area (Å²) in [5.41, 5.74) is 8.84. The molecule has 2 aromatic carbocycles. The molecule has 3 rings (SSSR count). The van der Waals surface area contributed by atoms with Crippen molar-refractivity contribution in [1.29, 1.82) is 0 Å². The average molecular weight is 429 g/mol. The average Bonchev–Trinajstić information content (AvgIpc) is 3.09. The van der Waals surface area contributed by atoms with E-state index in [9.17, 15) is 9.59 Å².